The van der Waals surface area contributed by atoms with Crippen molar-refractivity contribution < 1.29 is 14.0 Å². The monoisotopic (exact) mass is 382 g/mol. The quantitative estimate of drug-likeness (QED) is 0.824. The highest BCUT2D eigenvalue weighted by Crippen LogP contribution is 2.35. The van der Waals surface area contributed by atoms with Crippen molar-refractivity contribution in [2.24, 2.45) is 10.7 Å². The van der Waals surface area contributed by atoms with E-state index in [1.807, 2.05) is 19.9 Å². The lowest BCUT2D eigenvalue weighted by Gasteiger charge is -2.34. The van der Waals surface area contributed by atoms with Gasteiger partial charge < -0.3 is 5.73 Å². The number of guanidine groups is 1. The summed E-state index contributed by atoms with van der Waals surface area (Å²) in [5, 5.41) is 0. The molecule has 1 aliphatic heterocycles. The molecule has 146 valence electrons. The number of hydrogen-bond donors (Lipinski definition) is 1. The average Bonchev–Trinajstić information content (AvgIpc) is 2.61. The first kappa shape index (κ1) is 19.7. The number of carbonyl (C=O) groups excluding carboxylic acids is 2. The molecule has 1 aromatic heterocycles. The van der Waals surface area contributed by atoms with E-state index in [0.29, 0.717) is 11.3 Å². The maximum Gasteiger partial charge on any atom is 0.231 e. The van der Waals surface area contributed by atoms with Crippen LogP contribution in [0.2, 0.25) is 0 Å². The lowest BCUT2D eigenvalue weighted by molar-refractivity contribution is -0.128. The second-order valence-electron chi connectivity index (χ2n) is 7.47. The highest BCUT2D eigenvalue weighted by atomic mass is 19.1. The maximum atomic E-state index is 14.6. The molecule has 1 atom stereocenters. The molecule has 1 aliphatic rings. The molecule has 1 aromatic carbocycles. The lowest BCUT2D eigenvalue weighted by Crippen LogP contribution is -2.47. The Morgan fingerprint density at radius 3 is 2.68 bits per heavy atom. The van der Waals surface area contributed by atoms with Gasteiger partial charge in [-0.15, -0.1) is 0 Å². The summed E-state index contributed by atoms with van der Waals surface area (Å²) in [6, 6.07) is 6.35. The van der Waals surface area contributed by atoms with E-state index in [1.165, 1.54) is 18.0 Å². The highest BCUT2D eigenvalue weighted by Gasteiger charge is 2.38. The summed E-state index contributed by atoms with van der Waals surface area (Å²) in [4.78, 5) is 34.7. The number of amides is 1. The summed E-state index contributed by atoms with van der Waals surface area (Å²) in [7, 11) is 1.53. The van der Waals surface area contributed by atoms with Crippen LogP contribution in [-0.2, 0) is 16.8 Å². The summed E-state index contributed by atoms with van der Waals surface area (Å²) in [5.74, 6) is -0.839. The first-order valence-corrected chi connectivity index (χ1v) is 8.98. The van der Waals surface area contributed by atoms with Gasteiger partial charge in [-0.25, -0.2) is 9.38 Å². The first-order valence-electron chi connectivity index (χ1n) is 8.98. The number of pyridine rings is 1. The van der Waals surface area contributed by atoms with Gasteiger partial charge >= 0.3 is 0 Å². The highest BCUT2D eigenvalue weighted by molar-refractivity contribution is 5.99. The van der Waals surface area contributed by atoms with E-state index in [2.05, 4.69) is 9.98 Å². The number of aromatic nitrogens is 1. The first-order chi connectivity index (χ1) is 13.1. The Balaban J connectivity index is 1.94. The molecule has 1 unspecified atom stereocenters. The third kappa shape index (κ3) is 3.65. The van der Waals surface area contributed by atoms with Gasteiger partial charge in [-0.05, 0) is 49.6 Å². The average molecular weight is 382 g/mol. The van der Waals surface area contributed by atoms with Crippen molar-refractivity contribution in [1.82, 2.24) is 9.88 Å². The third-order valence-electron chi connectivity index (χ3n) is 5.03. The van der Waals surface area contributed by atoms with E-state index < -0.39 is 11.4 Å². The predicted molar refractivity (Wildman–Crippen MR) is 105 cm³/mol. The molecule has 0 fully saturated rings. The van der Waals surface area contributed by atoms with E-state index in [1.54, 1.807) is 25.3 Å². The zero-order valence-corrected chi connectivity index (χ0v) is 16.4. The number of nitrogens with two attached hydrogens (primary N) is 1. The standard InChI is InChI=1S/C21H23FN4O2/c1-12-7-13(2)19(24-11-12)17(27)9-14-5-6-16(22)15(8-14)21(3)10-18(28)26(4)20(23)25-21/h5-8,11H,9-10H2,1-4H3,(H2,23,25). The number of aryl methyl sites for hydroxylation is 2. The van der Waals surface area contributed by atoms with Crippen molar-refractivity contribution in [2.45, 2.75) is 39.2 Å². The largest absolute Gasteiger partial charge is 0.369 e. The fourth-order valence-electron chi connectivity index (χ4n) is 3.44. The van der Waals surface area contributed by atoms with E-state index in [-0.39, 0.29) is 36.1 Å². The Morgan fingerprint density at radius 1 is 1.32 bits per heavy atom. The van der Waals surface area contributed by atoms with E-state index >= 15 is 0 Å². The Morgan fingerprint density at radius 2 is 2.04 bits per heavy atom. The molecule has 0 saturated heterocycles. The molecule has 2 aromatic rings. The Labute approximate surface area is 163 Å². The topological polar surface area (TPSA) is 88.7 Å². The minimum absolute atomic E-state index is 0.00283. The van der Waals surface area contributed by atoms with Gasteiger partial charge in [0.15, 0.2) is 11.7 Å². The van der Waals surface area contributed by atoms with Crippen LogP contribution in [0.1, 0.15) is 46.1 Å². The van der Waals surface area contributed by atoms with Crippen LogP contribution in [0.25, 0.3) is 0 Å². The van der Waals surface area contributed by atoms with Gasteiger partial charge in [0.25, 0.3) is 0 Å². The number of carbonyl (C=O) groups is 2. The summed E-state index contributed by atoms with van der Waals surface area (Å²) in [6.45, 7) is 5.42. The smallest absolute Gasteiger partial charge is 0.231 e. The van der Waals surface area contributed by atoms with Crippen molar-refractivity contribution >= 4 is 17.6 Å². The van der Waals surface area contributed by atoms with Gasteiger partial charge in [0.2, 0.25) is 5.91 Å². The number of halogens is 1. The van der Waals surface area contributed by atoms with Crippen molar-refractivity contribution in [3.05, 3.63) is 64.2 Å². The number of hydrogen-bond acceptors (Lipinski definition) is 5. The maximum absolute atomic E-state index is 14.6. The molecule has 0 bridgehead atoms. The SMILES string of the molecule is Cc1cnc(C(=O)Cc2ccc(F)c(C3(C)CC(=O)N(C)C(N)=N3)c2)c(C)c1. The van der Waals surface area contributed by atoms with Gasteiger partial charge in [-0.3, -0.25) is 19.5 Å². The Bertz CT molecular complexity index is 1000. The van der Waals surface area contributed by atoms with Gasteiger partial charge in [-0.1, -0.05) is 12.1 Å². The van der Waals surface area contributed by atoms with Crippen LogP contribution < -0.4 is 5.73 Å². The van der Waals surface area contributed by atoms with Crippen LogP contribution in [0.5, 0.6) is 0 Å². The second-order valence-corrected chi connectivity index (χ2v) is 7.47. The van der Waals surface area contributed by atoms with Gasteiger partial charge in [-0.2, -0.15) is 0 Å². The van der Waals surface area contributed by atoms with Crippen LogP contribution in [0, 0.1) is 19.7 Å². The molecule has 2 heterocycles. The van der Waals surface area contributed by atoms with Gasteiger partial charge in [0.1, 0.15) is 11.5 Å². The number of benzene rings is 1. The molecule has 28 heavy (non-hydrogen) atoms. The molecule has 3 rings (SSSR count). The van der Waals surface area contributed by atoms with Crippen LogP contribution in [0.4, 0.5) is 4.39 Å². The van der Waals surface area contributed by atoms with Crippen LogP contribution >= 0.6 is 0 Å². The summed E-state index contributed by atoms with van der Waals surface area (Å²) in [6.07, 6.45) is 1.73. The van der Waals surface area contributed by atoms with Crippen molar-refractivity contribution in [3.8, 4) is 0 Å². The third-order valence-corrected chi connectivity index (χ3v) is 5.03. The zero-order chi connectivity index (χ0) is 20.6. The molecule has 0 saturated carbocycles. The van der Waals surface area contributed by atoms with Gasteiger partial charge in [0.05, 0.1) is 12.0 Å². The summed E-state index contributed by atoms with van der Waals surface area (Å²) < 4.78 is 14.6. The molecule has 2 N–H and O–H groups in total. The lowest BCUT2D eigenvalue weighted by atomic mass is 9.85. The number of rotatable bonds is 4. The molecular weight excluding hydrogens is 359 g/mol. The minimum Gasteiger partial charge on any atom is -0.369 e. The second kappa shape index (κ2) is 7.14. The molecule has 0 radical (unpaired) electrons. The molecular formula is C21H23FN4O2. The molecule has 0 spiro atoms. The molecule has 6 nitrogen and oxygen atoms in total. The van der Waals surface area contributed by atoms with E-state index in [0.717, 1.165) is 11.1 Å². The predicted octanol–water partition coefficient (Wildman–Crippen LogP) is 2.65. The Kier molecular flexibility index (Phi) is 5.02. The van der Waals surface area contributed by atoms with E-state index in [9.17, 15) is 14.0 Å². The fraction of sp³-hybridized carbons (Fsp3) is 0.333. The van der Waals surface area contributed by atoms with Crippen molar-refractivity contribution in [2.75, 3.05) is 7.05 Å². The van der Waals surface area contributed by atoms with E-state index in [4.69, 9.17) is 5.73 Å². The van der Waals surface area contributed by atoms with Gasteiger partial charge in [0, 0.05) is 25.2 Å². The molecule has 7 heteroatoms. The van der Waals surface area contributed by atoms with Crippen molar-refractivity contribution in [3.63, 3.8) is 0 Å². The number of aliphatic imine (C=N–C) groups is 1. The fourth-order valence-corrected chi connectivity index (χ4v) is 3.44. The van der Waals surface area contributed by atoms with Crippen LogP contribution in [0.15, 0.2) is 35.5 Å². The molecule has 1 amide bonds. The summed E-state index contributed by atoms with van der Waals surface area (Å²) in [5.41, 5.74) is 7.77. The Hall–Kier alpha value is -3.09. The molecule has 0 aliphatic carbocycles. The van der Waals surface area contributed by atoms with Crippen LogP contribution in [-0.4, -0.2) is 34.6 Å². The normalized spacial score (nSPS) is 19.5. The number of nitrogens with zero attached hydrogens (tertiary/aromatic N) is 3. The zero-order valence-electron chi connectivity index (χ0n) is 16.4. The number of Topliss-reactive ketones (excluding diaryl/α,β-unsaturated/α-hetero) is 1. The summed E-state index contributed by atoms with van der Waals surface area (Å²) >= 11 is 0. The minimum atomic E-state index is -1.12. The van der Waals surface area contributed by atoms with Crippen LogP contribution in [0.3, 0.4) is 0 Å². The number of ketones is 1. The van der Waals surface area contributed by atoms with Crippen molar-refractivity contribution in [1.29, 1.82) is 0 Å².